The Balaban J connectivity index is 1.38. The van der Waals surface area contributed by atoms with Crippen molar-refractivity contribution in [2.24, 2.45) is 17.8 Å². The molecular formula is C21H27NO4. The average Bonchev–Trinajstić information content (AvgIpc) is 2.60. The highest BCUT2D eigenvalue weighted by molar-refractivity contribution is 5.92. The molecule has 0 heterocycles. The summed E-state index contributed by atoms with van der Waals surface area (Å²) in [5.74, 6) is 2.19. The predicted molar refractivity (Wildman–Crippen MR) is 96.9 cm³/mol. The van der Waals surface area contributed by atoms with Crippen LogP contribution in [0.1, 0.15) is 55.8 Å². The SMILES string of the molecule is COc1cccc(C(=O)O[C@H](C)C(=O)NC23CC4CC(CC(C4)C2)C3)c1. The Morgan fingerprint density at radius 3 is 2.31 bits per heavy atom. The van der Waals surface area contributed by atoms with Gasteiger partial charge in [0.25, 0.3) is 5.91 Å². The number of nitrogens with one attached hydrogen (secondary N) is 1. The van der Waals surface area contributed by atoms with Crippen molar-refractivity contribution >= 4 is 11.9 Å². The number of methoxy groups -OCH3 is 1. The summed E-state index contributed by atoms with van der Waals surface area (Å²) in [5.41, 5.74) is 0.321. The van der Waals surface area contributed by atoms with Crippen LogP contribution < -0.4 is 10.1 Å². The third-order valence-corrected chi connectivity index (χ3v) is 6.39. The summed E-state index contributed by atoms with van der Waals surface area (Å²) in [6.45, 7) is 1.65. The molecule has 0 radical (unpaired) electrons. The first-order chi connectivity index (χ1) is 12.5. The number of carbonyl (C=O) groups excluding carboxylic acids is 2. The number of amides is 1. The van der Waals surface area contributed by atoms with Gasteiger partial charge in [-0.25, -0.2) is 4.79 Å². The van der Waals surface area contributed by atoms with Crippen LogP contribution in [0.15, 0.2) is 24.3 Å². The second kappa shape index (κ2) is 6.60. The summed E-state index contributed by atoms with van der Waals surface area (Å²) in [5, 5.41) is 3.26. The molecule has 0 spiro atoms. The number of esters is 1. The minimum atomic E-state index is -0.804. The van der Waals surface area contributed by atoms with Gasteiger partial charge in [0.15, 0.2) is 6.10 Å². The number of carbonyl (C=O) groups is 2. The molecule has 1 atom stereocenters. The maximum Gasteiger partial charge on any atom is 0.339 e. The van der Waals surface area contributed by atoms with Gasteiger partial charge < -0.3 is 14.8 Å². The molecule has 1 amide bonds. The van der Waals surface area contributed by atoms with E-state index < -0.39 is 12.1 Å². The fourth-order valence-electron chi connectivity index (χ4n) is 5.66. The van der Waals surface area contributed by atoms with Crippen molar-refractivity contribution in [2.75, 3.05) is 7.11 Å². The molecule has 26 heavy (non-hydrogen) atoms. The van der Waals surface area contributed by atoms with Gasteiger partial charge in [0.05, 0.1) is 12.7 Å². The average molecular weight is 357 g/mol. The lowest BCUT2D eigenvalue weighted by Gasteiger charge is -2.57. The maximum absolute atomic E-state index is 12.7. The highest BCUT2D eigenvalue weighted by atomic mass is 16.5. The first kappa shape index (κ1) is 17.4. The molecule has 0 saturated heterocycles. The lowest BCUT2D eigenvalue weighted by molar-refractivity contribution is -0.134. The van der Waals surface area contributed by atoms with Crippen molar-refractivity contribution < 1.29 is 19.1 Å². The van der Waals surface area contributed by atoms with E-state index in [4.69, 9.17) is 9.47 Å². The van der Waals surface area contributed by atoms with Gasteiger partial charge in [-0.2, -0.15) is 0 Å². The molecule has 1 aromatic rings. The second-order valence-electron chi connectivity index (χ2n) is 8.47. The quantitative estimate of drug-likeness (QED) is 0.821. The van der Waals surface area contributed by atoms with Crippen molar-refractivity contribution in [3.05, 3.63) is 29.8 Å². The lowest BCUT2D eigenvalue weighted by Crippen LogP contribution is -2.61. The summed E-state index contributed by atoms with van der Waals surface area (Å²) in [4.78, 5) is 25.0. The fourth-order valence-corrected chi connectivity index (χ4v) is 5.66. The van der Waals surface area contributed by atoms with Crippen LogP contribution in [0.2, 0.25) is 0 Å². The summed E-state index contributed by atoms with van der Waals surface area (Å²) in [6.07, 6.45) is 6.44. The van der Waals surface area contributed by atoms with Gasteiger partial charge in [0, 0.05) is 5.54 Å². The van der Waals surface area contributed by atoms with Crippen molar-refractivity contribution in [2.45, 2.75) is 57.1 Å². The molecule has 5 rings (SSSR count). The number of benzene rings is 1. The molecule has 1 N–H and O–H groups in total. The Kier molecular flexibility index (Phi) is 4.41. The predicted octanol–water partition coefficient (Wildman–Crippen LogP) is 3.33. The van der Waals surface area contributed by atoms with Crippen LogP contribution in [0.3, 0.4) is 0 Å². The summed E-state index contributed by atoms with van der Waals surface area (Å²) in [6, 6.07) is 6.77. The molecule has 0 aliphatic heterocycles. The van der Waals surface area contributed by atoms with E-state index in [0.29, 0.717) is 11.3 Å². The largest absolute Gasteiger partial charge is 0.497 e. The Labute approximate surface area is 154 Å². The highest BCUT2D eigenvalue weighted by Gasteiger charge is 2.51. The van der Waals surface area contributed by atoms with Crippen LogP contribution in [0.25, 0.3) is 0 Å². The molecule has 4 fully saturated rings. The van der Waals surface area contributed by atoms with Crippen molar-refractivity contribution in [1.29, 1.82) is 0 Å². The molecular weight excluding hydrogens is 330 g/mol. The Bertz CT molecular complexity index is 678. The van der Waals surface area contributed by atoms with Crippen LogP contribution >= 0.6 is 0 Å². The zero-order valence-corrected chi connectivity index (χ0v) is 15.5. The first-order valence-corrected chi connectivity index (χ1v) is 9.63. The standard InChI is InChI=1S/C21H27NO4/c1-13(26-20(24)17-4-3-5-18(9-17)25-2)19(23)22-21-10-14-6-15(11-21)8-16(7-14)12-21/h3-5,9,13-16H,6-8,10-12H2,1-2H3,(H,22,23)/t13-,14?,15?,16?,21?/m1/s1. The normalized spacial score (nSPS) is 32.8. The van der Waals surface area contributed by atoms with E-state index in [1.165, 1.54) is 19.3 Å². The van der Waals surface area contributed by atoms with E-state index >= 15 is 0 Å². The lowest BCUT2D eigenvalue weighted by atomic mass is 9.53. The third-order valence-electron chi connectivity index (χ3n) is 6.39. The van der Waals surface area contributed by atoms with Crippen LogP contribution in [-0.4, -0.2) is 30.6 Å². The molecule has 4 bridgehead atoms. The zero-order valence-electron chi connectivity index (χ0n) is 15.5. The number of rotatable bonds is 5. The van der Waals surface area contributed by atoms with Crippen LogP contribution in [0.5, 0.6) is 5.75 Å². The smallest absolute Gasteiger partial charge is 0.339 e. The van der Waals surface area contributed by atoms with Crippen molar-refractivity contribution in [3.63, 3.8) is 0 Å². The van der Waals surface area contributed by atoms with Gasteiger partial charge in [0.1, 0.15) is 5.75 Å². The number of hydrogen-bond acceptors (Lipinski definition) is 4. The number of ether oxygens (including phenoxy) is 2. The van der Waals surface area contributed by atoms with E-state index in [-0.39, 0.29) is 11.4 Å². The van der Waals surface area contributed by atoms with Gasteiger partial charge in [-0.1, -0.05) is 6.07 Å². The van der Waals surface area contributed by atoms with Crippen LogP contribution in [0, 0.1) is 17.8 Å². The molecule has 0 unspecified atom stereocenters. The Hall–Kier alpha value is -2.04. The monoisotopic (exact) mass is 357 g/mol. The Morgan fingerprint density at radius 2 is 1.73 bits per heavy atom. The summed E-state index contributed by atoms with van der Waals surface area (Å²) in [7, 11) is 1.55. The molecule has 4 aliphatic rings. The van der Waals surface area contributed by atoms with E-state index in [1.54, 1.807) is 38.3 Å². The molecule has 4 saturated carbocycles. The maximum atomic E-state index is 12.7. The van der Waals surface area contributed by atoms with Gasteiger partial charge >= 0.3 is 5.97 Å². The second-order valence-corrected chi connectivity index (χ2v) is 8.47. The van der Waals surface area contributed by atoms with E-state index in [1.807, 2.05) is 0 Å². The van der Waals surface area contributed by atoms with Gasteiger partial charge in [-0.15, -0.1) is 0 Å². The minimum absolute atomic E-state index is 0.0670. The number of hydrogen-bond donors (Lipinski definition) is 1. The summed E-state index contributed by atoms with van der Waals surface area (Å²) >= 11 is 0. The van der Waals surface area contributed by atoms with Gasteiger partial charge in [-0.05, 0) is 81.4 Å². The third kappa shape index (κ3) is 3.31. The van der Waals surface area contributed by atoms with Gasteiger partial charge in [-0.3, -0.25) is 4.79 Å². The van der Waals surface area contributed by atoms with Crippen LogP contribution in [-0.2, 0) is 9.53 Å². The van der Waals surface area contributed by atoms with Crippen molar-refractivity contribution in [3.8, 4) is 5.75 Å². The molecule has 0 aromatic heterocycles. The molecule has 1 aromatic carbocycles. The molecule has 4 aliphatic carbocycles. The zero-order chi connectivity index (χ0) is 18.3. The van der Waals surface area contributed by atoms with Gasteiger partial charge in [0.2, 0.25) is 0 Å². The molecule has 5 nitrogen and oxygen atoms in total. The minimum Gasteiger partial charge on any atom is -0.497 e. The van der Waals surface area contributed by atoms with Crippen LogP contribution in [0.4, 0.5) is 0 Å². The fraction of sp³-hybridized carbons (Fsp3) is 0.619. The Morgan fingerprint density at radius 1 is 1.12 bits per heavy atom. The van der Waals surface area contributed by atoms with E-state index in [2.05, 4.69) is 5.32 Å². The van der Waals surface area contributed by atoms with Crippen molar-refractivity contribution in [1.82, 2.24) is 5.32 Å². The molecule has 140 valence electrons. The first-order valence-electron chi connectivity index (χ1n) is 9.63. The topological polar surface area (TPSA) is 64.6 Å². The molecule has 5 heteroatoms. The summed E-state index contributed by atoms with van der Waals surface area (Å²) < 4.78 is 10.5. The van der Waals surface area contributed by atoms with E-state index in [9.17, 15) is 9.59 Å². The van der Waals surface area contributed by atoms with E-state index in [0.717, 1.165) is 37.0 Å². The highest BCUT2D eigenvalue weighted by Crippen LogP contribution is 2.55.